The molecule has 2 aromatic rings. The summed E-state index contributed by atoms with van der Waals surface area (Å²) < 4.78 is 48.9. The minimum absolute atomic E-state index is 0.0730. The van der Waals surface area contributed by atoms with Crippen molar-refractivity contribution in [1.29, 1.82) is 0 Å². The van der Waals surface area contributed by atoms with E-state index in [1.54, 1.807) is 18.2 Å². The third-order valence-corrected chi connectivity index (χ3v) is 5.62. The highest BCUT2D eigenvalue weighted by Gasteiger charge is 2.36. The smallest absolute Gasteiger partial charge is 0.339 e. The van der Waals surface area contributed by atoms with Crippen molar-refractivity contribution in [3.05, 3.63) is 53.8 Å². The van der Waals surface area contributed by atoms with E-state index in [9.17, 15) is 12.8 Å². The van der Waals surface area contributed by atoms with E-state index in [1.165, 1.54) is 18.2 Å². The first kappa shape index (κ1) is 15.4. The maximum absolute atomic E-state index is 13.3. The first-order valence-electron chi connectivity index (χ1n) is 7.74. The van der Waals surface area contributed by atoms with Crippen LogP contribution >= 0.6 is 0 Å². The monoisotopic (exact) mass is 349 g/mol. The lowest BCUT2D eigenvalue weighted by Crippen LogP contribution is -2.39. The average molecular weight is 349 g/mol. The van der Waals surface area contributed by atoms with Gasteiger partial charge in [-0.2, -0.15) is 8.42 Å². The zero-order valence-corrected chi connectivity index (χ0v) is 13.6. The standard InChI is InChI=1S/C17H16FNO4S/c18-11-2-1-3-13(8-11)24(20,21)23-12-4-5-16-15(9-12)14-6-7-19-10-17(14)22-16/h1-5,8-9,14,17,19H,6-7,10H2. The van der Waals surface area contributed by atoms with Crippen LogP contribution < -0.4 is 14.2 Å². The Morgan fingerprint density at radius 2 is 2.08 bits per heavy atom. The molecule has 2 unspecified atom stereocenters. The summed E-state index contributed by atoms with van der Waals surface area (Å²) >= 11 is 0. The molecule has 2 aliphatic heterocycles. The van der Waals surface area contributed by atoms with Crippen LogP contribution in [0.1, 0.15) is 17.9 Å². The Morgan fingerprint density at radius 3 is 2.92 bits per heavy atom. The molecule has 7 heteroatoms. The minimum Gasteiger partial charge on any atom is -0.488 e. The van der Waals surface area contributed by atoms with E-state index < -0.39 is 15.9 Å². The fourth-order valence-electron chi connectivity index (χ4n) is 3.25. The van der Waals surface area contributed by atoms with Crippen LogP contribution in [0.4, 0.5) is 4.39 Å². The molecule has 2 atom stereocenters. The van der Waals surface area contributed by atoms with Crippen LogP contribution in [0.2, 0.25) is 0 Å². The quantitative estimate of drug-likeness (QED) is 0.862. The molecule has 126 valence electrons. The van der Waals surface area contributed by atoms with Crippen molar-refractivity contribution in [2.75, 3.05) is 13.1 Å². The van der Waals surface area contributed by atoms with E-state index in [0.29, 0.717) is 0 Å². The zero-order valence-electron chi connectivity index (χ0n) is 12.7. The molecule has 0 amide bonds. The van der Waals surface area contributed by atoms with Crippen molar-refractivity contribution in [3.8, 4) is 11.5 Å². The Morgan fingerprint density at radius 1 is 1.21 bits per heavy atom. The van der Waals surface area contributed by atoms with Crippen LogP contribution in [0.25, 0.3) is 0 Å². The van der Waals surface area contributed by atoms with Crippen molar-refractivity contribution in [2.24, 2.45) is 0 Å². The van der Waals surface area contributed by atoms with Crippen LogP contribution in [0, 0.1) is 5.82 Å². The van der Waals surface area contributed by atoms with Gasteiger partial charge in [0.05, 0.1) is 0 Å². The molecule has 0 spiro atoms. The summed E-state index contributed by atoms with van der Waals surface area (Å²) in [5.41, 5.74) is 0.966. The molecule has 1 fully saturated rings. The Hall–Kier alpha value is -2.12. The molecule has 2 aliphatic rings. The van der Waals surface area contributed by atoms with Crippen LogP contribution in [0.15, 0.2) is 47.4 Å². The van der Waals surface area contributed by atoms with Gasteiger partial charge in [-0.25, -0.2) is 4.39 Å². The molecule has 2 aromatic carbocycles. The van der Waals surface area contributed by atoms with Gasteiger partial charge in [0.15, 0.2) is 0 Å². The highest BCUT2D eigenvalue weighted by Crippen LogP contribution is 2.43. The molecular formula is C17H16FNO4S. The van der Waals surface area contributed by atoms with Crippen molar-refractivity contribution >= 4 is 10.1 Å². The first-order chi connectivity index (χ1) is 11.5. The normalized spacial score (nSPS) is 22.4. The van der Waals surface area contributed by atoms with Gasteiger partial charge in [0.1, 0.15) is 28.3 Å². The molecule has 0 radical (unpaired) electrons. The highest BCUT2D eigenvalue weighted by atomic mass is 32.2. The lowest BCUT2D eigenvalue weighted by Gasteiger charge is -2.24. The van der Waals surface area contributed by atoms with Gasteiger partial charge in [-0.05, 0) is 49.4 Å². The van der Waals surface area contributed by atoms with Gasteiger partial charge in [0, 0.05) is 18.0 Å². The predicted octanol–water partition coefficient (Wildman–Crippen LogP) is 2.43. The second-order valence-electron chi connectivity index (χ2n) is 5.95. The topological polar surface area (TPSA) is 64.6 Å². The second-order valence-corrected chi connectivity index (χ2v) is 7.50. The SMILES string of the molecule is O=S(=O)(Oc1ccc2c(c1)C1CCNCC1O2)c1cccc(F)c1. The Bertz CT molecular complexity index is 884. The summed E-state index contributed by atoms with van der Waals surface area (Å²) in [5, 5.41) is 3.28. The van der Waals surface area contributed by atoms with E-state index in [1.807, 2.05) is 0 Å². The van der Waals surface area contributed by atoms with E-state index in [0.717, 1.165) is 36.9 Å². The van der Waals surface area contributed by atoms with E-state index in [2.05, 4.69) is 5.32 Å². The molecule has 2 heterocycles. The maximum atomic E-state index is 13.3. The zero-order chi connectivity index (χ0) is 16.7. The number of piperidine rings is 1. The van der Waals surface area contributed by atoms with Crippen molar-refractivity contribution in [1.82, 2.24) is 5.32 Å². The van der Waals surface area contributed by atoms with Crippen LogP contribution in [0.5, 0.6) is 11.5 Å². The molecule has 4 rings (SSSR count). The van der Waals surface area contributed by atoms with Crippen LogP contribution in [-0.2, 0) is 10.1 Å². The summed E-state index contributed by atoms with van der Waals surface area (Å²) in [5.74, 6) is 0.589. The highest BCUT2D eigenvalue weighted by molar-refractivity contribution is 7.87. The summed E-state index contributed by atoms with van der Waals surface area (Å²) in [7, 11) is -4.08. The van der Waals surface area contributed by atoms with Crippen LogP contribution in [-0.4, -0.2) is 27.6 Å². The van der Waals surface area contributed by atoms with Gasteiger partial charge in [-0.1, -0.05) is 6.07 Å². The number of benzene rings is 2. The summed E-state index contributed by atoms with van der Waals surface area (Å²) in [6.45, 7) is 1.67. The molecule has 1 N–H and O–H groups in total. The van der Waals surface area contributed by atoms with E-state index in [4.69, 9.17) is 8.92 Å². The Labute approximate surface area is 139 Å². The lowest BCUT2D eigenvalue weighted by atomic mass is 9.90. The van der Waals surface area contributed by atoms with E-state index >= 15 is 0 Å². The number of hydrogen-bond donors (Lipinski definition) is 1. The molecule has 5 nitrogen and oxygen atoms in total. The number of hydrogen-bond acceptors (Lipinski definition) is 5. The van der Waals surface area contributed by atoms with Gasteiger partial charge >= 0.3 is 10.1 Å². The van der Waals surface area contributed by atoms with Crippen LogP contribution in [0.3, 0.4) is 0 Å². The fraction of sp³-hybridized carbons (Fsp3) is 0.294. The number of halogens is 1. The Kier molecular flexibility index (Phi) is 3.69. The van der Waals surface area contributed by atoms with Gasteiger partial charge in [0.2, 0.25) is 0 Å². The van der Waals surface area contributed by atoms with Crippen molar-refractivity contribution in [3.63, 3.8) is 0 Å². The molecule has 24 heavy (non-hydrogen) atoms. The first-order valence-corrected chi connectivity index (χ1v) is 9.15. The lowest BCUT2D eigenvalue weighted by molar-refractivity contribution is 0.177. The average Bonchev–Trinajstić information content (AvgIpc) is 2.93. The minimum atomic E-state index is -4.08. The Balaban J connectivity index is 1.62. The molecular weight excluding hydrogens is 333 g/mol. The summed E-state index contributed by atoms with van der Waals surface area (Å²) in [6, 6.07) is 9.75. The van der Waals surface area contributed by atoms with Gasteiger partial charge in [-0.3, -0.25) is 0 Å². The third kappa shape index (κ3) is 2.74. The molecule has 1 saturated heterocycles. The summed E-state index contributed by atoms with van der Waals surface area (Å²) in [6.07, 6.45) is 1.00. The fourth-order valence-corrected chi connectivity index (χ4v) is 4.20. The van der Waals surface area contributed by atoms with Crippen molar-refractivity contribution < 1.29 is 21.7 Å². The van der Waals surface area contributed by atoms with E-state index in [-0.39, 0.29) is 22.7 Å². The number of fused-ring (bicyclic) bond motifs is 3. The third-order valence-electron chi connectivity index (χ3n) is 4.38. The number of rotatable bonds is 3. The van der Waals surface area contributed by atoms with Gasteiger partial charge < -0.3 is 14.2 Å². The van der Waals surface area contributed by atoms with Gasteiger partial charge in [0.25, 0.3) is 0 Å². The maximum Gasteiger partial charge on any atom is 0.339 e. The largest absolute Gasteiger partial charge is 0.488 e. The summed E-state index contributed by atoms with van der Waals surface area (Å²) in [4.78, 5) is -0.209. The van der Waals surface area contributed by atoms with Gasteiger partial charge in [-0.15, -0.1) is 0 Å². The molecule has 0 saturated carbocycles. The van der Waals surface area contributed by atoms with Crippen molar-refractivity contribution in [2.45, 2.75) is 23.3 Å². The second kappa shape index (κ2) is 5.75. The number of ether oxygens (including phenoxy) is 1. The molecule has 0 aliphatic carbocycles. The molecule has 0 aromatic heterocycles. The molecule has 0 bridgehead atoms. The number of nitrogens with one attached hydrogen (secondary N) is 1. The predicted molar refractivity (Wildman–Crippen MR) is 85.3 cm³/mol.